The number of aryl methyl sites for hydroxylation is 1. The van der Waals surface area contributed by atoms with E-state index in [9.17, 15) is 0 Å². The zero-order valence-corrected chi connectivity index (χ0v) is 14.1. The van der Waals surface area contributed by atoms with Gasteiger partial charge in [-0.15, -0.1) is 0 Å². The summed E-state index contributed by atoms with van der Waals surface area (Å²) in [5, 5.41) is 0.800. The van der Waals surface area contributed by atoms with Crippen LogP contribution >= 0.6 is 27.5 Å². The van der Waals surface area contributed by atoms with E-state index in [4.69, 9.17) is 16.3 Å². The molecule has 20 heavy (non-hydrogen) atoms. The lowest BCUT2D eigenvalue weighted by Crippen LogP contribution is -2.00. The summed E-state index contributed by atoms with van der Waals surface area (Å²) in [4.78, 5) is 4.13. The van der Waals surface area contributed by atoms with Crippen molar-refractivity contribution in [2.45, 2.75) is 33.3 Å². The standard InChI is InChI=1S/C16H17BrClNO/c1-10(2)14-6-16(11(3)4-15(14)18)20-9-12-5-13(17)8-19-7-12/h4-8,10H,9H2,1-3H3. The highest BCUT2D eigenvalue weighted by Crippen LogP contribution is 2.31. The third-order valence-electron chi connectivity index (χ3n) is 3.07. The monoisotopic (exact) mass is 353 g/mol. The molecule has 0 bridgehead atoms. The first-order chi connectivity index (χ1) is 9.47. The Morgan fingerprint density at radius 2 is 2.00 bits per heavy atom. The zero-order chi connectivity index (χ0) is 14.7. The van der Waals surface area contributed by atoms with E-state index in [0.717, 1.165) is 31.9 Å². The number of halogens is 2. The minimum Gasteiger partial charge on any atom is -0.489 e. The topological polar surface area (TPSA) is 22.1 Å². The molecule has 2 aromatic rings. The summed E-state index contributed by atoms with van der Waals surface area (Å²) in [5.74, 6) is 1.25. The molecule has 0 aliphatic heterocycles. The summed E-state index contributed by atoms with van der Waals surface area (Å²) in [7, 11) is 0. The molecule has 4 heteroatoms. The first kappa shape index (κ1) is 15.3. The maximum Gasteiger partial charge on any atom is 0.123 e. The summed E-state index contributed by atoms with van der Waals surface area (Å²) < 4.78 is 6.86. The first-order valence-electron chi connectivity index (χ1n) is 6.49. The van der Waals surface area contributed by atoms with Crippen LogP contribution in [0.4, 0.5) is 0 Å². The van der Waals surface area contributed by atoms with E-state index in [-0.39, 0.29) is 0 Å². The van der Waals surface area contributed by atoms with E-state index < -0.39 is 0 Å². The van der Waals surface area contributed by atoms with Crippen LogP contribution in [0, 0.1) is 6.92 Å². The van der Waals surface area contributed by atoms with Crippen LogP contribution in [-0.2, 0) is 6.61 Å². The predicted octanol–water partition coefficient (Wildman–Crippen LogP) is 5.51. The first-order valence-corrected chi connectivity index (χ1v) is 7.66. The van der Waals surface area contributed by atoms with Gasteiger partial charge in [-0.2, -0.15) is 0 Å². The van der Waals surface area contributed by atoms with Gasteiger partial charge in [0.05, 0.1) is 0 Å². The number of hydrogen-bond acceptors (Lipinski definition) is 2. The molecule has 0 atom stereocenters. The molecule has 2 nitrogen and oxygen atoms in total. The number of hydrogen-bond donors (Lipinski definition) is 0. The van der Waals surface area contributed by atoms with Crippen molar-refractivity contribution in [1.29, 1.82) is 0 Å². The Hall–Kier alpha value is -1.06. The maximum atomic E-state index is 6.26. The van der Waals surface area contributed by atoms with Crippen LogP contribution in [0.25, 0.3) is 0 Å². The summed E-state index contributed by atoms with van der Waals surface area (Å²) in [5.41, 5.74) is 3.18. The molecule has 1 aromatic carbocycles. The molecule has 0 unspecified atom stereocenters. The predicted molar refractivity (Wildman–Crippen MR) is 86.5 cm³/mol. The van der Waals surface area contributed by atoms with Crippen LogP contribution in [0.3, 0.4) is 0 Å². The van der Waals surface area contributed by atoms with Crippen molar-refractivity contribution >= 4 is 27.5 Å². The van der Waals surface area contributed by atoms with Crippen LogP contribution in [-0.4, -0.2) is 4.98 Å². The molecule has 0 aliphatic rings. The smallest absolute Gasteiger partial charge is 0.123 e. The fourth-order valence-electron chi connectivity index (χ4n) is 1.96. The average molecular weight is 355 g/mol. The van der Waals surface area contributed by atoms with E-state index in [1.54, 1.807) is 12.4 Å². The fourth-order valence-corrected chi connectivity index (χ4v) is 2.81. The molecule has 0 N–H and O–H groups in total. The maximum absolute atomic E-state index is 6.26. The Bertz CT molecular complexity index is 613. The lowest BCUT2D eigenvalue weighted by Gasteiger charge is -2.14. The number of benzene rings is 1. The van der Waals surface area contributed by atoms with E-state index in [2.05, 4.69) is 34.8 Å². The van der Waals surface area contributed by atoms with Crippen molar-refractivity contribution in [2.75, 3.05) is 0 Å². The Labute approximate surface area is 133 Å². The number of ether oxygens (including phenoxy) is 1. The normalized spacial score (nSPS) is 10.9. The number of rotatable bonds is 4. The number of pyridine rings is 1. The summed E-state index contributed by atoms with van der Waals surface area (Å²) >= 11 is 9.67. The minimum atomic E-state index is 0.373. The summed E-state index contributed by atoms with van der Waals surface area (Å²) in [6, 6.07) is 6.00. The van der Waals surface area contributed by atoms with Crippen LogP contribution in [0.2, 0.25) is 5.02 Å². The minimum absolute atomic E-state index is 0.373. The Balaban J connectivity index is 2.19. The van der Waals surface area contributed by atoms with Gasteiger partial charge < -0.3 is 4.74 Å². The summed E-state index contributed by atoms with van der Waals surface area (Å²) in [6.45, 7) is 6.74. The molecule has 0 fully saturated rings. The lowest BCUT2D eigenvalue weighted by atomic mass is 10.0. The molecule has 1 heterocycles. The number of aromatic nitrogens is 1. The highest BCUT2D eigenvalue weighted by atomic mass is 79.9. The van der Waals surface area contributed by atoms with Crippen molar-refractivity contribution in [1.82, 2.24) is 4.98 Å². The van der Waals surface area contributed by atoms with Crippen molar-refractivity contribution in [3.8, 4) is 5.75 Å². The van der Waals surface area contributed by atoms with E-state index in [0.29, 0.717) is 12.5 Å². The van der Waals surface area contributed by atoms with E-state index >= 15 is 0 Å². The zero-order valence-electron chi connectivity index (χ0n) is 11.8. The van der Waals surface area contributed by atoms with Gasteiger partial charge in [-0.1, -0.05) is 25.4 Å². The van der Waals surface area contributed by atoms with E-state index in [1.807, 2.05) is 25.1 Å². The third kappa shape index (κ3) is 3.74. The number of nitrogens with zero attached hydrogens (tertiary/aromatic N) is 1. The molecular weight excluding hydrogens is 338 g/mol. The van der Waals surface area contributed by atoms with Gasteiger partial charge in [0.25, 0.3) is 0 Å². The largest absolute Gasteiger partial charge is 0.489 e. The average Bonchev–Trinajstić information content (AvgIpc) is 2.37. The van der Waals surface area contributed by atoms with Crippen LogP contribution in [0.5, 0.6) is 5.75 Å². The van der Waals surface area contributed by atoms with Crippen LogP contribution in [0.15, 0.2) is 35.1 Å². The van der Waals surface area contributed by atoms with Gasteiger partial charge in [0.2, 0.25) is 0 Å². The van der Waals surface area contributed by atoms with Crippen molar-refractivity contribution < 1.29 is 4.74 Å². The van der Waals surface area contributed by atoms with Crippen molar-refractivity contribution in [2.24, 2.45) is 0 Å². The van der Waals surface area contributed by atoms with Gasteiger partial charge >= 0.3 is 0 Å². The van der Waals surface area contributed by atoms with Gasteiger partial charge in [-0.05, 0) is 58.1 Å². The van der Waals surface area contributed by atoms with Crippen LogP contribution < -0.4 is 4.74 Å². The SMILES string of the molecule is Cc1cc(Cl)c(C(C)C)cc1OCc1cncc(Br)c1. The molecule has 0 saturated heterocycles. The van der Waals surface area contributed by atoms with Gasteiger partial charge in [0, 0.05) is 27.5 Å². The molecule has 1 aromatic heterocycles. The molecule has 2 rings (SSSR count). The Morgan fingerprint density at radius 1 is 1.25 bits per heavy atom. The second kappa shape index (κ2) is 6.59. The third-order valence-corrected chi connectivity index (χ3v) is 3.83. The van der Waals surface area contributed by atoms with Gasteiger partial charge in [0.1, 0.15) is 12.4 Å². The quantitative estimate of drug-likeness (QED) is 0.722. The molecule has 0 aliphatic carbocycles. The van der Waals surface area contributed by atoms with Crippen LogP contribution in [0.1, 0.15) is 36.5 Å². The Morgan fingerprint density at radius 3 is 2.65 bits per heavy atom. The van der Waals surface area contributed by atoms with Gasteiger partial charge in [-0.3, -0.25) is 4.98 Å². The van der Waals surface area contributed by atoms with Crippen molar-refractivity contribution in [3.05, 3.63) is 56.8 Å². The molecule has 106 valence electrons. The van der Waals surface area contributed by atoms with Gasteiger partial charge in [-0.25, -0.2) is 0 Å². The second-order valence-corrected chi connectivity index (χ2v) is 6.42. The Kier molecular flexibility index (Phi) is 5.06. The highest BCUT2D eigenvalue weighted by molar-refractivity contribution is 9.10. The summed E-state index contributed by atoms with van der Waals surface area (Å²) in [6.07, 6.45) is 3.56. The van der Waals surface area contributed by atoms with Crippen molar-refractivity contribution in [3.63, 3.8) is 0 Å². The second-order valence-electron chi connectivity index (χ2n) is 5.09. The molecule has 0 spiro atoms. The lowest BCUT2D eigenvalue weighted by molar-refractivity contribution is 0.303. The fraction of sp³-hybridized carbons (Fsp3) is 0.312. The highest BCUT2D eigenvalue weighted by Gasteiger charge is 2.10. The molecule has 0 saturated carbocycles. The molecular formula is C16H17BrClNO. The molecule has 0 amide bonds. The van der Waals surface area contributed by atoms with E-state index in [1.165, 1.54) is 0 Å². The molecule has 0 radical (unpaired) electrons. The van der Waals surface area contributed by atoms with Gasteiger partial charge in [0.15, 0.2) is 0 Å².